The number of anilines is 2. The number of fused-ring (bicyclic) bond motifs is 3. The average molecular weight is 424 g/mol. The number of nitrogens with one attached hydrogen (secondary N) is 1. The van der Waals surface area contributed by atoms with Crippen LogP contribution >= 0.6 is 11.6 Å². The van der Waals surface area contributed by atoms with Gasteiger partial charge in [-0.3, -0.25) is 4.79 Å². The lowest BCUT2D eigenvalue weighted by molar-refractivity contribution is -0.120. The highest BCUT2D eigenvalue weighted by molar-refractivity contribution is 6.33. The van der Waals surface area contributed by atoms with E-state index in [4.69, 9.17) is 16.6 Å². The Hall–Kier alpha value is -3.19. The molecule has 0 saturated carbocycles. The Kier molecular flexibility index (Phi) is 4.75. The number of pyridine rings is 1. The first kappa shape index (κ1) is 18.8. The summed E-state index contributed by atoms with van der Waals surface area (Å²) >= 11 is 6.03. The van der Waals surface area contributed by atoms with Gasteiger partial charge in [-0.1, -0.05) is 11.6 Å². The summed E-state index contributed by atoms with van der Waals surface area (Å²) in [6.45, 7) is 1.42. The molecule has 6 nitrogen and oxygen atoms in total. The van der Waals surface area contributed by atoms with E-state index in [0.29, 0.717) is 37.3 Å². The molecule has 0 atom stereocenters. The van der Waals surface area contributed by atoms with Crippen LogP contribution in [0.5, 0.6) is 0 Å². The molecule has 0 unspecified atom stereocenters. The highest BCUT2D eigenvalue weighted by Gasteiger charge is 2.27. The van der Waals surface area contributed by atoms with Crippen LogP contribution < -0.4 is 10.2 Å². The van der Waals surface area contributed by atoms with Crippen molar-refractivity contribution in [2.24, 2.45) is 5.92 Å². The Morgan fingerprint density at radius 1 is 1.13 bits per heavy atom. The monoisotopic (exact) mass is 423 g/mol. The quantitative estimate of drug-likeness (QED) is 0.526. The van der Waals surface area contributed by atoms with Crippen molar-refractivity contribution in [3.63, 3.8) is 0 Å². The maximum Gasteiger partial charge on any atom is 0.227 e. The summed E-state index contributed by atoms with van der Waals surface area (Å²) in [7, 11) is 0. The molecule has 5 rings (SSSR count). The zero-order chi connectivity index (χ0) is 20.7. The van der Waals surface area contributed by atoms with Gasteiger partial charge in [-0.15, -0.1) is 0 Å². The summed E-state index contributed by atoms with van der Waals surface area (Å²) in [6.07, 6.45) is 5.14. The van der Waals surface area contributed by atoms with Crippen LogP contribution in [0.3, 0.4) is 0 Å². The molecule has 4 heterocycles. The molecule has 1 aliphatic heterocycles. The van der Waals surface area contributed by atoms with Gasteiger partial charge in [0.1, 0.15) is 5.82 Å². The summed E-state index contributed by atoms with van der Waals surface area (Å²) in [5.41, 5.74) is 3.12. The van der Waals surface area contributed by atoms with E-state index in [1.165, 1.54) is 18.2 Å². The lowest BCUT2D eigenvalue weighted by Gasteiger charge is -2.32. The maximum atomic E-state index is 13.2. The number of rotatable bonds is 3. The first-order valence-electron chi connectivity index (χ1n) is 9.83. The number of aromatic nitrogens is 3. The van der Waals surface area contributed by atoms with Gasteiger partial charge in [0.2, 0.25) is 5.91 Å². The molecule has 3 aromatic heterocycles. The first-order valence-corrected chi connectivity index (χ1v) is 10.2. The van der Waals surface area contributed by atoms with E-state index in [-0.39, 0.29) is 16.8 Å². The Labute approximate surface area is 177 Å². The number of carbonyl (C=O) groups excluding carboxylic acids is 1. The maximum absolute atomic E-state index is 13.2. The molecular weight excluding hydrogens is 405 g/mol. The first-order chi connectivity index (χ1) is 14.6. The number of halogens is 2. The zero-order valence-corrected chi connectivity index (χ0v) is 16.8. The second kappa shape index (κ2) is 7.57. The fourth-order valence-corrected chi connectivity index (χ4v) is 4.22. The topological polar surface area (TPSA) is 62.5 Å². The van der Waals surface area contributed by atoms with Crippen LogP contribution in [-0.4, -0.2) is 33.4 Å². The molecule has 0 spiro atoms. The fourth-order valence-electron chi connectivity index (χ4n) is 4.01. The Morgan fingerprint density at radius 3 is 2.73 bits per heavy atom. The molecule has 1 N–H and O–H groups in total. The highest BCUT2D eigenvalue weighted by Crippen LogP contribution is 2.29. The van der Waals surface area contributed by atoms with Gasteiger partial charge in [-0.05, 0) is 55.3 Å². The standard InChI is InChI=1S/C22H19ClFN5O/c23-16-13-15(24)5-6-17(16)26-22(30)14-7-11-28(12-8-14)21-19-4-2-10-29(19)18-3-1-9-25-20(18)27-21/h1-6,9-10,13-14H,7-8,11-12H2,(H,26,30). The molecule has 1 aromatic carbocycles. The number of amides is 1. The lowest BCUT2D eigenvalue weighted by atomic mass is 9.95. The average Bonchev–Trinajstić information content (AvgIpc) is 3.25. The molecule has 1 saturated heterocycles. The van der Waals surface area contributed by atoms with E-state index in [1.807, 2.05) is 30.5 Å². The minimum atomic E-state index is -0.430. The van der Waals surface area contributed by atoms with Crippen LogP contribution in [0, 0.1) is 11.7 Å². The van der Waals surface area contributed by atoms with Crippen molar-refractivity contribution in [1.82, 2.24) is 14.4 Å². The van der Waals surface area contributed by atoms with Crippen LogP contribution in [0.15, 0.2) is 54.9 Å². The van der Waals surface area contributed by atoms with Crippen molar-refractivity contribution < 1.29 is 9.18 Å². The van der Waals surface area contributed by atoms with Gasteiger partial charge in [-0.25, -0.2) is 14.4 Å². The van der Waals surface area contributed by atoms with Crippen LogP contribution in [0.2, 0.25) is 5.02 Å². The van der Waals surface area contributed by atoms with Crippen LogP contribution in [-0.2, 0) is 4.79 Å². The highest BCUT2D eigenvalue weighted by atomic mass is 35.5. The third kappa shape index (κ3) is 3.35. The summed E-state index contributed by atoms with van der Waals surface area (Å²) in [4.78, 5) is 24.1. The number of carbonyl (C=O) groups is 1. The smallest absolute Gasteiger partial charge is 0.227 e. The van der Waals surface area contributed by atoms with Crippen LogP contribution in [0.25, 0.3) is 16.7 Å². The summed E-state index contributed by atoms with van der Waals surface area (Å²) in [5.74, 6) is 0.222. The van der Waals surface area contributed by atoms with E-state index < -0.39 is 5.82 Å². The minimum Gasteiger partial charge on any atom is -0.355 e. The third-order valence-electron chi connectivity index (χ3n) is 5.57. The van der Waals surface area contributed by atoms with Gasteiger partial charge in [-0.2, -0.15) is 0 Å². The predicted molar refractivity (Wildman–Crippen MR) is 115 cm³/mol. The van der Waals surface area contributed by atoms with E-state index in [9.17, 15) is 9.18 Å². The molecule has 30 heavy (non-hydrogen) atoms. The van der Waals surface area contributed by atoms with Gasteiger partial charge >= 0.3 is 0 Å². The Morgan fingerprint density at radius 2 is 1.93 bits per heavy atom. The number of hydrogen-bond acceptors (Lipinski definition) is 4. The van der Waals surface area contributed by atoms with Gasteiger partial charge in [0.05, 0.1) is 21.7 Å². The second-order valence-electron chi connectivity index (χ2n) is 7.42. The predicted octanol–water partition coefficient (Wildman–Crippen LogP) is 4.53. The molecule has 1 aliphatic rings. The third-order valence-corrected chi connectivity index (χ3v) is 5.88. The summed E-state index contributed by atoms with van der Waals surface area (Å²) < 4.78 is 15.3. The molecule has 0 radical (unpaired) electrons. The largest absolute Gasteiger partial charge is 0.355 e. The lowest BCUT2D eigenvalue weighted by Crippen LogP contribution is -2.38. The molecule has 1 fully saturated rings. The Balaban J connectivity index is 1.33. The molecule has 152 valence electrons. The minimum absolute atomic E-state index is 0.0934. The fraction of sp³-hybridized carbons (Fsp3) is 0.227. The molecular formula is C22H19ClFN5O. The summed E-state index contributed by atoms with van der Waals surface area (Å²) in [5, 5.41) is 3.02. The van der Waals surface area contributed by atoms with Gasteiger partial charge < -0.3 is 14.6 Å². The number of benzene rings is 1. The van der Waals surface area contributed by atoms with Crippen LogP contribution in [0.1, 0.15) is 12.8 Å². The van der Waals surface area contributed by atoms with E-state index in [0.717, 1.165) is 16.9 Å². The van der Waals surface area contributed by atoms with Gasteiger partial charge in [0.15, 0.2) is 11.5 Å². The number of hydrogen-bond donors (Lipinski definition) is 1. The molecule has 8 heteroatoms. The van der Waals surface area contributed by atoms with E-state index in [2.05, 4.69) is 19.6 Å². The molecule has 1 amide bonds. The SMILES string of the molecule is O=C(Nc1ccc(F)cc1Cl)C1CCN(c2nc3ncccc3n3cccc23)CC1. The van der Waals surface area contributed by atoms with Crippen molar-refractivity contribution in [3.8, 4) is 0 Å². The molecule has 0 aliphatic carbocycles. The van der Waals surface area contributed by atoms with E-state index in [1.54, 1.807) is 6.20 Å². The normalized spacial score (nSPS) is 15.1. The van der Waals surface area contributed by atoms with Crippen molar-refractivity contribution in [1.29, 1.82) is 0 Å². The molecule has 4 aromatic rings. The van der Waals surface area contributed by atoms with E-state index >= 15 is 0 Å². The molecule has 0 bridgehead atoms. The zero-order valence-electron chi connectivity index (χ0n) is 16.1. The van der Waals surface area contributed by atoms with Crippen LogP contribution in [0.4, 0.5) is 15.9 Å². The number of nitrogens with zero attached hydrogens (tertiary/aromatic N) is 4. The van der Waals surface area contributed by atoms with Crippen molar-refractivity contribution in [2.45, 2.75) is 12.8 Å². The summed E-state index contributed by atoms with van der Waals surface area (Å²) in [6, 6.07) is 11.9. The van der Waals surface area contributed by atoms with Crippen molar-refractivity contribution >= 4 is 45.7 Å². The van der Waals surface area contributed by atoms with Crippen molar-refractivity contribution in [2.75, 3.05) is 23.3 Å². The number of piperidine rings is 1. The van der Waals surface area contributed by atoms with Crippen molar-refractivity contribution in [3.05, 3.63) is 65.7 Å². The Bertz CT molecular complexity index is 1250. The van der Waals surface area contributed by atoms with Gasteiger partial charge in [0.25, 0.3) is 0 Å². The van der Waals surface area contributed by atoms with Gasteiger partial charge in [0, 0.05) is 31.4 Å². The second-order valence-corrected chi connectivity index (χ2v) is 7.83.